The van der Waals surface area contributed by atoms with Crippen molar-refractivity contribution in [2.45, 2.75) is 6.42 Å². The predicted molar refractivity (Wildman–Crippen MR) is 58.2 cm³/mol. The molecule has 0 spiro atoms. The highest BCUT2D eigenvalue weighted by atomic mass is 79.9. The lowest BCUT2D eigenvalue weighted by atomic mass is 10.3. The van der Waals surface area contributed by atoms with Crippen LogP contribution in [0.25, 0.3) is 10.4 Å². The van der Waals surface area contributed by atoms with E-state index in [-0.39, 0.29) is 5.75 Å². The van der Waals surface area contributed by atoms with E-state index in [1.165, 1.54) is 6.07 Å². The van der Waals surface area contributed by atoms with Crippen LogP contribution in [0.15, 0.2) is 27.8 Å². The summed E-state index contributed by atoms with van der Waals surface area (Å²) in [5.74, 6) is -0.202. The lowest BCUT2D eigenvalue weighted by Gasteiger charge is -2.06. The number of nitrogens with zero attached hydrogens (tertiary/aromatic N) is 3. The molecule has 0 saturated heterocycles. The molecule has 0 radical (unpaired) electrons. The maximum Gasteiger partial charge on any atom is 0.165 e. The molecule has 0 aliphatic heterocycles. The molecule has 1 aromatic rings. The number of halogens is 2. The Balaban J connectivity index is 2.43. The number of rotatable bonds is 5. The Labute approximate surface area is 94.8 Å². The molecule has 0 bridgehead atoms. The molecular formula is C9H9BrFN3O. The summed E-state index contributed by atoms with van der Waals surface area (Å²) >= 11 is 3.22. The van der Waals surface area contributed by atoms with Crippen molar-refractivity contribution in [2.24, 2.45) is 5.11 Å². The Morgan fingerprint density at radius 2 is 2.33 bits per heavy atom. The molecule has 0 unspecified atom stereocenters. The second-order valence-corrected chi connectivity index (χ2v) is 3.65. The van der Waals surface area contributed by atoms with Gasteiger partial charge in [-0.25, -0.2) is 4.39 Å². The first kappa shape index (κ1) is 11.8. The molecule has 0 amide bonds. The lowest BCUT2D eigenvalue weighted by Crippen LogP contribution is -2.00. The molecule has 6 heteroatoms. The summed E-state index contributed by atoms with van der Waals surface area (Å²) in [7, 11) is 0. The van der Waals surface area contributed by atoms with Crippen LogP contribution in [0.5, 0.6) is 5.75 Å². The normalized spacial score (nSPS) is 9.47. The number of ether oxygens (including phenoxy) is 1. The van der Waals surface area contributed by atoms with Gasteiger partial charge in [0.2, 0.25) is 0 Å². The van der Waals surface area contributed by atoms with Crippen LogP contribution in [-0.2, 0) is 0 Å². The predicted octanol–water partition coefficient (Wildman–Crippen LogP) is 3.67. The maximum absolute atomic E-state index is 13.1. The Morgan fingerprint density at radius 3 is 3.07 bits per heavy atom. The van der Waals surface area contributed by atoms with Gasteiger partial charge in [-0.05, 0) is 30.2 Å². The van der Waals surface area contributed by atoms with Crippen molar-refractivity contribution in [3.05, 3.63) is 38.9 Å². The van der Waals surface area contributed by atoms with Crippen molar-refractivity contribution < 1.29 is 9.13 Å². The Hall–Kier alpha value is -1.26. The summed E-state index contributed by atoms with van der Waals surface area (Å²) in [5.41, 5.74) is 8.01. The SMILES string of the molecule is [N-]=[N+]=NCCCOc1cc(Br)ccc1F. The molecule has 0 aromatic heterocycles. The lowest BCUT2D eigenvalue weighted by molar-refractivity contribution is 0.297. The van der Waals surface area contributed by atoms with Crippen LogP contribution >= 0.6 is 15.9 Å². The van der Waals surface area contributed by atoms with Crippen LogP contribution in [0.2, 0.25) is 0 Å². The molecule has 1 aromatic carbocycles. The van der Waals surface area contributed by atoms with Gasteiger partial charge >= 0.3 is 0 Å². The Kier molecular flexibility index (Phi) is 4.93. The quantitative estimate of drug-likeness (QED) is 0.350. The highest BCUT2D eigenvalue weighted by Crippen LogP contribution is 2.22. The zero-order chi connectivity index (χ0) is 11.1. The monoisotopic (exact) mass is 273 g/mol. The van der Waals surface area contributed by atoms with Crippen molar-refractivity contribution in [3.63, 3.8) is 0 Å². The zero-order valence-electron chi connectivity index (χ0n) is 7.86. The van der Waals surface area contributed by atoms with Gasteiger partial charge in [-0.3, -0.25) is 0 Å². The van der Waals surface area contributed by atoms with E-state index >= 15 is 0 Å². The van der Waals surface area contributed by atoms with Crippen LogP contribution < -0.4 is 4.74 Å². The number of hydrogen-bond donors (Lipinski definition) is 0. The summed E-state index contributed by atoms with van der Waals surface area (Å²) in [6, 6.07) is 4.48. The van der Waals surface area contributed by atoms with Crippen LogP contribution in [0.3, 0.4) is 0 Å². The van der Waals surface area contributed by atoms with Crippen molar-refractivity contribution >= 4 is 15.9 Å². The third-order valence-electron chi connectivity index (χ3n) is 1.62. The van der Waals surface area contributed by atoms with Crippen molar-refractivity contribution in [3.8, 4) is 5.75 Å². The third kappa shape index (κ3) is 4.18. The van der Waals surface area contributed by atoms with Gasteiger partial charge < -0.3 is 4.74 Å². The fourth-order valence-corrected chi connectivity index (χ4v) is 1.29. The molecule has 1 rings (SSSR count). The molecule has 0 N–H and O–H groups in total. The number of azide groups is 1. The van der Waals surface area contributed by atoms with Gasteiger partial charge in [0.15, 0.2) is 11.6 Å². The Bertz CT molecular complexity index is 380. The zero-order valence-corrected chi connectivity index (χ0v) is 9.45. The minimum absolute atomic E-state index is 0.199. The minimum atomic E-state index is -0.401. The molecule has 0 atom stereocenters. The van der Waals surface area contributed by atoms with E-state index in [1.807, 2.05) is 0 Å². The fraction of sp³-hybridized carbons (Fsp3) is 0.333. The average molecular weight is 274 g/mol. The van der Waals surface area contributed by atoms with E-state index in [1.54, 1.807) is 12.1 Å². The number of benzene rings is 1. The first-order valence-corrected chi connectivity index (χ1v) is 5.12. The first-order chi connectivity index (χ1) is 7.24. The topological polar surface area (TPSA) is 58.0 Å². The summed E-state index contributed by atoms with van der Waals surface area (Å²) < 4.78 is 19.1. The van der Waals surface area contributed by atoms with E-state index < -0.39 is 5.82 Å². The van der Waals surface area contributed by atoms with Crippen molar-refractivity contribution in [1.82, 2.24) is 0 Å². The van der Waals surface area contributed by atoms with Crippen molar-refractivity contribution in [1.29, 1.82) is 0 Å². The molecule has 4 nitrogen and oxygen atoms in total. The van der Waals surface area contributed by atoms with Crippen LogP contribution in [0.1, 0.15) is 6.42 Å². The second-order valence-electron chi connectivity index (χ2n) is 2.73. The minimum Gasteiger partial charge on any atom is -0.490 e. The van der Waals surface area contributed by atoms with Gasteiger partial charge in [-0.2, -0.15) is 0 Å². The highest BCUT2D eigenvalue weighted by molar-refractivity contribution is 9.10. The van der Waals surface area contributed by atoms with Crippen LogP contribution in [0.4, 0.5) is 4.39 Å². The van der Waals surface area contributed by atoms with Gasteiger partial charge in [0.25, 0.3) is 0 Å². The Morgan fingerprint density at radius 1 is 1.53 bits per heavy atom. The van der Waals surface area contributed by atoms with Crippen LogP contribution in [0, 0.1) is 5.82 Å². The number of hydrogen-bond acceptors (Lipinski definition) is 2. The molecule has 15 heavy (non-hydrogen) atoms. The maximum atomic E-state index is 13.1. The van der Waals surface area contributed by atoms with Crippen LogP contribution in [-0.4, -0.2) is 13.2 Å². The van der Waals surface area contributed by atoms with E-state index in [2.05, 4.69) is 26.0 Å². The van der Waals surface area contributed by atoms with Gasteiger partial charge in [-0.1, -0.05) is 21.0 Å². The molecule has 0 aliphatic rings. The molecule has 0 aliphatic carbocycles. The summed E-state index contributed by atoms with van der Waals surface area (Å²) in [4.78, 5) is 2.60. The smallest absolute Gasteiger partial charge is 0.165 e. The molecule has 0 heterocycles. The van der Waals surface area contributed by atoms with Gasteiger partial charge in [0.05, 0.1) is 6.61 Å². The van der Waals surface area contributed by atoms with Gasteiger partial charge in [-0.15, -0.1) is 0 Å². The summed E-state index contributed by atoms with van der Waals surface area (Å²) in [6.07, 6.45) is 0.565. The largest absolute Gasteiger partial charge is 0.490 e. The molecule has 80 valence electrons. The standard InChI is InChI=1S/C9H9BrFN3O/c10-7-2-3-8(11)9(6-7)15-5-1-4-13-14-12/h2-3,6H,1,4-5H2. The van der Waals surface area contributed by atoms with Crippen molar-refractivity contribution in [2.75, 3.05) is 13.2 Å². The molecular weight excluding hydrogens is 265 g/mol. The van der Waals surface area contributed by atoms with E-state index in [0.717, 1.165) is 4.47 Å². The molecule has 0 fully saturated rings. The fourth-order valence-electron chi connectivity index (χ4n) is 0.950. The first-order valence-electron chi connectivity index (χ1n) is 4.33. The van der Waals surface area contributed by atoms with E-state index in [9.17, 15) is 4.39 Å². The second kappa shape index (κ2) is 6.27. The highest BCUT2D eigenvalue weighted by Gasteiger charge is 2.02. The van der Waals surface area contributed by atoms with E-state index in [4.69, 9.17) is 10.3 Å². The van der Waals surface area contributed by atoms with Gasteiger partial charge in [0, 0.05) is 15.9 Å². The summed E-state index contributed by atoms with van der Waals surface area (Å²) in [6.45, 7) is 0.679. The third-order valence-corrected chi connectivity index (χ3v) is 2.11. The van der Waals surface area contributed by atoms with E-state index in [0.29, 0.717) is 19.6 Å². The van der Waals surface area contributed by atoms with Gasteiger partial charge in [0.1, 0.15) is 0 Å². The summed E-state index contributed by atoms with van der Waals surface area (Å²) in [5, 5.41) is 3.34. The average Bonchev–Trinajstić information content (AvgIpc) is 2.23. The molecule has 0 saturated carbocycles.